The summed E-state index contributed by atoms with van der Waals surface area (Å²) in [5.74, 6) is 1.69. The van der Waals surface area contributed by atoms with E-state index in [2.05, 4.69) is 30.6 Å². The molecule has 0 atom stereocenters. The van der Waals surface area contributed by atoms with Crippen LogP contribution in [0.1, 0.15) is 11.3 Å². The van der Waals surface area contributed by atoms with Crippen LogP contribution in [0, 0.1) is 6.92 Å². The maximum Gasteiger partial charge on any atom is 0.148 e. The quantitative estimate of drug-likeness (QED) is 0.733. The monoisotopic (exact) mass is 348 g/mol. The van der Waals surface area contributed by atoms with E-state index in [0.717, 1.165) is 59.3 Å². The van der Waals surface area contributed by atoms with Crippen molar-refractivity contribution in [2.45, 2.75) is 13.3 Å². The summed E-state index contributed by atoms with van der Waals surface area (Å²) >= 11 is 0. The van der Waals surface area contributed by atoms with E-state index < -0.39 is 0 Å². The molecule has 0 fully saturated rings. The van der Waals surface area contributed by atoms with Crippen LogP contribution in [0.3, 0.4) is 0 Å². The Morgan fingerprint density at radius 3 is 3.00 bits per heavy atom. The predicted molar refractivity (Wildman–Crippen MR) is 100 cm³/mol. The Bertz CT molecular complexity index is 897. The topological polar surface area (TPSA) is 84.9 Å². The molecule has 0 aliphatic carbocycles. The van der Waals surface area contributed by atoms with Gasteiger partial charge in [0.1, 0.15) is 24.5 Å². The lowest BCUT2D eigenvalue weighted by Gasteiger charge is -2.21. The van der Waals surface area contributed by atoms with Crippen molar-refractivity contribution in [2.75, 3.05) is 30.3 Å². The number of aryl methyl sites for hydroxylation is 1. The molecular weight excluding hydrogens is 328 g/mol. The van der Waals surface area contributed by atoms with Crippen molar-refractivity contribution in [1.29, 1.82) is 0 Å². The molecule has 0 aromatic carbocycles. The van der Waals surface area contributed by atoms with Gasteiger partial charge in [-0.3, -0.25) is 9.97 Å². The van der Waals surface area contributed by atoms with Crippen molar-refractivity contribution in [1.82, 2.24) is 19.9 Å². The molecule has 0 amide bonds. The standard InChI is InChI=1S/C19H20N6O/c1-13-2-3-14(10-23-13)16-8-18(25-12-24-16)22-5-4-15-9-20-11-17-19(15)26-7-6-21-17/h2-3,8-12,21H,4-7H2,1H3,(H,22,24,25). The molecule has 0 unspecified atom stereocenters. The predicted octanol–water partition coefficient (Wildman–Crippen LogP) is 2.70. The van der Waals surface area contributed by atoms with E-state index in [0.29, 0.717) is 6.61 Å². The molecule has 0 saturated heterocycles. The summed E-state index contributed by atoms with van der Waals surface area (Å²) in [6, 6.07) is 5.92. The lowest BCUT2D eigenvalue weighted by molar-refractivity contribution is 0.319. The number of aromatic nitrogens is 4. The van der Waals surface area contributed by atoms with Gasteiger partial charge in [0.15, 0.2) is 0 Å². The molecule has 7 heteroatoms. The molecule has 26 heavy (non-hydrogen) atoms. The maximum atomic E-state index is 5.78. The van der Waals surface area contributed by atoms with Crippen molar-refractivity contribution in [3.05, 3.63) is 54.4 Å². The second kappa shape index (κ2) is 7.35. The lowest BCUT2D eigenvalue weighted by Crippen LogP contribution is -2.20. The van der Waals surface area contributed by atoms with Gasteiger partial charge in [0.05, 0.1) is 17.6 Å². The van der Waals surface area contributed by atoms with Crippen LogP contribution in [0.15, 0.2) is 43.1 Å². The minimum atomic E-state index is 0.678. The zero-order chi connectivity index (χ0) is 17.8. The summed E-state index contributed by atoms with van der Waals surface area (Å²) in [7, 11) is 0. The maximum absolute atomic E-state index is 5.78. The van der Waals surface area contributed by atoms with Gasteiger partial charge in [-0.15, -0.1) is 0 Å². The van der Waals surface area contributed by atoms with Gasteiger partial charge in [0, 0.05) is 48.4 Å². The minimum absolute atomic E-state index is 0.678. The number of rotatable bonds is 5. The van der Waals surface area contributed by atoms with E-state index in [1.54, 1.807) is 12.5 Å². The van der Waals surface area contributed by atoms with Gasteiger partial charge in [-0.25, -0.2) is 9.97 Å². The average Bonchev–Trinajstić information content (AvgIpc) is 2.69. The van der Waals surface area contributed by atoms with Gasteiger partial charge in [0.2, 0.25) is 0 Å². The largest absolute Gasteiger partial charge is 0.489 e. The number of pyridine rings is 2. The normalized spacial score (nSPS) is 12.7. The highest BCUT2D eigenvalue weighted by molar-refractivity contribution is 5.61. The van der Waals surface area contributed by atoms with Crippen LogP contribution in [0.4, 0.5) is 11.5 Å². The summed E-state index contributed by atoms with van der Waals surface area (Å²) in [5.41, 5.74) is 4.85. The third-order valence-electron chi connectivity index (χ3n) is 4.21. The Hall–Kier alpha value is -3.22. The second-order valence-electron chi connectivity index (χ2n) is 6.10. The van der Waals surface area contributed by atoms with Crippen molar-refractivity contribution in [3.63, 3.8) is 0 Å². The van der Waals surface area contributed by atoms with Gasteiger partial charge in [-0.2, -0.15) is 0 Å². The molecular formula is C19H20N6O. The van der Waals surface area contributed by atoms with Crippen molar-refractivity contribution >= 4 is 11.5 Å². The summed E-state index contributed by atoms with van der Waals surface area (Å²) in [6.07, 6.45) is 7.85. The van der Waals surface area contributed by atoms with Crippen LogP contribution < -0.4 is 15.4 Å². The summed E-state index contributed by atoms with van der Waals surface area (Å²) in [6.45, 7) is 4.18. The number of ether oxygens (including phenoxy) is 1. The second-order valence-corrected chi connectivity index (χ2v) is 6.10. The Labute approximate surface area is 151 Å². The molecule has 0 bridgehead atoms. The summed E-state index contributed by atoms with van der Waals surface area (Å²) in [4.78, 5) is 17.2. The van der Waals surface area contributed by atoms with Gasteiger partial charge in [0.25, 0.3) is 0 Å². The van der Waals surface area contributed by atoms with E-state index >= 15 is 0 Å². The highest BCUT2D eigenvalue weighted by Gasteiger charge is 2.14. The lowest BCUT2D eigenvalue weighted by atomic mass is 10.1. The molecule has 0 spiro atoms. The Kier molecular flexibility index (Phi) is 4.59. The van der Waals surface area contributed by atoms with E-state index in [-0.39, 0.29) is 0 Å². The molecule has 132 valence electrons. The van der Waals surface area contributed by atoms with Gasteiger partial charge < -0.3 is 15.4 Å². The van der Waals surface area contributed by atoms with Crippen molar-refractivity contribution in [2.24, 2.45) is 0 Å². The number of nitrogens with zero attached hydrogens (tertiary/aromatic N) is 4. The van der Waals surface area contributed by atoms with Crippen LogP contribution in [0.2, 0.25) is 0 Å². The van der Waals surface area contributed by atoms with E-state index in [1.165, 1.54) is 0 Å². The van der Waals surface area contributed by atoms with Crippen LogP contribution in [0.25, 0.3) is 11.3 Å². The molecule has 4 rings (SSSR count). The highest BCUT2D eigenvalue weighted by Crippen LogP contribution is 2.30. The first-order valence-electron chi connectivity index (χ1n) is 8.62. The number of hydrogen-bond donors (Lipinski definition) is 2. The van der Waals surface area contributed by atoms with Crippen molar-refractivity contribution < 1.29 is 4.74 Å². The van der Waals surface area contributed by atoms with Crippen molar-refractivity contribution in [3.8, 4) is 17.0 Å². The Morgan fingerprint density at radius 2 is 2.12 bits per heavy atom. The van der Waals surface area contributed by atoms with Crippen LogP contribution in [-0.2, 0) is 6.42 Å². The fourth-order valence-electron chi connectivity index (χ4n) is 2.86. The minimum Gasteiger partial charge on any atom is -0.489 e. The number of fused-ring (bicyclic) bond motifs is 1. The average molecular weight is 348 g/mol. The number of nitrogens with one attached hydrogen (secondary N) is 2. The first-order chi connectivity index (χ1) is 12.8. The highest BCUT2D eigenvalue weighted by atomic mass is 16.5. The molecule has 1 aliphatic rings. The summed E-state index contributed by atoms with van der Waals surface area (Å²) in [5, 5.41) is 6.65. The first kappa shape index (κ1) is 16.3. The van der Waals surface area contributed by atoms with E-state index in [1.807, 2.05) is 37.5 Å². The van der Waals surface area contributed by atoms with E-state index in [9.17, 15) is 0 Å². The third kappa shape index (κ3) is 3.56. The van der Waals surface area contributed by atoms with Gasteiger partial charge in [-0.05, 0) is 25.5 Å². The summed E-state index contributed by atoms with van der Waals surface area (Å²) < 4.78 is 5.78. The smallest absolute Gasteiger partial charge is 0.148 e. The molecule has 1 aliphatic heterocycles. The Morgan fingerprint density at radius 1 is 1.15 bits per heavy atom. The third-order valence-corrected chi connectivity index (χ3v) is 4.21. The van der Waals surface area contributed by atoms with Crippen LogP contribution >= 0.6 is 0 Å². The Balaban J connectivity index is 1.43. The molecule has 0 saturated carbocycles. The van der Waals surface area contributed by atoms with Gasteiger partial charge in [-0.1, -0.05) is 0 Å². The fraction of sp³-hybridized carbons (Fsp3) is 0.263. The van der Waals surface area contributed by atoms with Crippen LogP contribution in [0.5, 0.6) is 5.75 Å². The zero-order valence-corrected chi connectivity index (χ0v) is 14.6. The van der Waals surface area contributed by atoms with Gasteiger partial charge >= 0.3 is 0 Å². The van der Waals surface area contributed by atoms with Crippen LogP contribution in [-0.4, -0.2) is 39.6 Å². The fourth-order valence-corrected chi connectivity index (χ4v) is 2.86. The molecule has 3 aromatic heterocycles. The molecule has 2 N–H and O–H groups in total. The molecule has 3 aromatic rings. The zero-order valence-electron chi connectivity index (χ0n) is 14.6. The SMILES string of the molecule is Cc1ccc(-c2cc(NCCc3cncc4c3OCCN4)ncn2)cn1. The number of anilines is 2. The molecule has 0 radical (unpaired) electrons. The van der Waals surface area contributed by atoms with E-state index in [4.69, 9.17) is 4.74 Å². The first-order valence-corrected chi connectivity index (χ1v) is 8.62. The molecule has 7 nitrogen and oxygen atoms in total. The molecule has 4 heterocycles. The number of hydrogen-bond acceptors (Lipinski definition) is 7.